The molecule has 0 rings (SSSR count). The second-order valence-corrected chi connectivity index (χ2v) is 4.47. The lowest BCUT2D eigenvalue weighted by molar-refractivity contribution is -0.110. The molecule has 0 N–H and O–H groups in total. The molecule has 0 aromatic rings. The van der Waals surface area contributed by atoms with Gasteiger partial charge in [-0.1, -0.05) is 0 Å². The van der Waals surface area contributed by atoms with E-state index in [4.69, 9.17) is 18.9 Å². The van der Waals surface area contributed by atoms with Crippen molar-refractivity contribution in [2.45, 2.75) is 0 Å². The molecule has 0 unspecified atom stereocenters. The van der Waals surface area contributed by atoms with E-state index in [9.17, 15) is 17.6 Å². The van der Waals surface area contributed by atoms with Gasteiger partial charge in [-0.15, -0.1) is 0 Å². The Kier molecular flexibility index (Phi) is 14.2. The fourth-order valence-electron chi connectivity index (χ4n) is 1.62. The molecule has 0 aliphatic carbocycles. The molecule has 0 amide bonds. The van der Waals surface area contributed by atoms with Gasteiger partial charge in [0.05, 0.1) is 58.3 Å². The highest BCUT2D eigenvalue weighted by molar-refractivity contribution is 4.79. The zero-order valence-corrected chi connectivity index (χ0v) is 12.1. The second kappa shape index (κ2) is 14.5. The highest BCUT2D eigenvalue weighted by Crippen LogP contribution is 2.21. The van der Waals surface area contributed by atoms with Crippen LogP contribution in [0, 0.1) is 5.41 Å². The van der Waals surface area contributed by atoms with Crippen LogP contribution in [0.3, 0.4) is 0 Å². The lowest BCUT2D eigenvalue weighted by Gasteiger charge is -2.32. The fraction of sp³-hybridized carbons (Fsp3) is 1.00. The summed E-state index contributed by atoms with van der Waals surface area (Å²) in [6, 6.07) is 0. The average molecular weight is 320 g/mol. The molecule has 0 aliphatic rings. The monoisotopic (exact) mass is 320 g/mol. The molecule has 0 saturated heterocycles. The quantitative estimate of drug-likeness (QED) is 0.322. The van der Waals surface area contributed by atoms with E-state index >= 15 is 0 Å². The largest absolute Gasteiger partial charge is 0.378 e. The van der Waals surface area contributed by atoms with Gasteiger partial charge in [0.1, 0.15) is 26.7 Å². The Hall–Kier alpha value is -0.440. The minimum atomic E-state index is -0.852. The van der Waals surface area contributed by atoms with Crippen molar-refractivity contribution in [2.24, 2.45) is 5.41 Å². The number of hydrogen-bond acceptors (Lipinski definition) is 4. The van der Waals surface area contributed by atoms with E-state index in [1.54, 1.807) is 0 Å². The van der Waals surface area contributed by atoms with Crippen molar-refractivity contribution in [3.05, 3.63) is 0 Å². The Balaban J connectivity index is 4.52. The van der Waals surface area contributed by atoms with Crippen molar-refractivity contribution in [3.8, 4) is 0 Å². The van der Waals surface area contributed by atoms with Gasteiger partial charge in [0.15, 0.2) is 0 Å². The van der Waals surface area contributed by atoms with Crippen LogP contribution in [0.1, 0.15) is 0 Å². The standard InChI is InChI=1S/C13H24F4O4/c14-1-5-18-9-13(10-19-6-2-15,11-20-7-3-16)12-21-8-4-17/h1-12H2. The normalized spacial score (nSPS) is 12.0. The van der Waals surface area contributed by atoms with Gasteiger partial charge in [-0.3, -0.25) is 0 Å². The third kappa shape index (κ3) is 10.9. The van der Waals surface area contributed by atoms with Gasteiger partial charge in [0.2, 0.25) is 0 Å². The first kappa shape index (κ1) is 20.6. The number of rotatable bonds is 16. The van der Waals surface area contributed by atoms with Crippen molar-refractivity contribution in [1.29, 1.82) is 0 Å². The molecular weight excluding hydrogens is 296 g/mol. The summed E-state index contributed by atoms with van der Waals surface area (Å²) in [4.78, 5) is 0. The zero-order valence-electron chi connectivity index (χ0n) is 12.1. The Morgan fingerprint density at radius 1 is 0.476 bits per heavy atom. The molecule has 4 nitrogen and oxygen atoms in total. The van der Waals surface area contributed by atoms with E-state index in [2.05, 4.69) is 0 Å². The van der Waals surface area contributed by atoms with Crippen molar-refractivity contribution < 1.29 is 36.5 Å². The Morgan fingerprint density at radius 2 is 0.714 bits per heavy atom. The molecule has 0 spiro atoms. The lowest BCUT2D eigenvalue weighted by atomic mass is 9.92. The highest BCUT2D eigenvalue weighted by Gasteiger charge is 2.32. The predicted molar refractivity (Wildman–Crippen MR) is 69.6 cm³/mol. The van der Waals surface area contributed by atoms with Gasteiger partial charge < -0.3 is 18.9 Å². The van der Waals surface area contributed by atoms with Crippen LogP contribution < -0.4 is 0 Å². The maximum Gasteiger partial charge on any atom is 0.113 e. The highest BCUT2D eigenvalue weighted by atomic mass is 19.1. The average Bonchev–Trinajstić information content (AvgIpc) is 2.48. The van der Waals surface area contributed by atoms with Gasteiger partial charge >= 0.3 is 0 Å². The number of ether oxygens (including phenoxy) is 4. The van der Waals surface area contributed by atoms with Crippen LogP contribution in [-0.4, -0.2) is 79.6 Å². The summed E-state index contributed by atoms with van der Waals surface area (Å²) in [5, 5.41) is 0. The molecule has 21 heavy (non-hydrogen) atoms. The van der Waals surface area contributed by atoms with Gasteiger partial charge in [-0.2, -0.15) is 0 Å². The van der Waals surface area contributed by atoms with Crippen LogP contribution in [-0.2, 0) is 18.9 Å². The summed E-state index contributed by atoms with van der Waals surface area (Å²) in [6.07, 6.45) is 0. The van der Waals surface area contributed by atoms with E-state index in [1.807, 2.05) is 0 Å². The molecule has 0 atom stereocenters. The fourth-order valence-corrected chi connectivity index (χ4v) is 1.62. The van der Waals surface area contributed by atoms with Gasteiger partial charge in [0, 0.05) is 0 Å². The van der Waals surface area contributed by atoms with Crippen molar-refractivity contribution in [1.82, 2.24) is 0 Å². The summed E-state index contributed by atoms with van der Waals surface area (Å²) in [5.74, 6) is 0. The first-order valence-electron chi connectivity index (χ1n) is 6.79. The predicted octanol–water partition coefficient (Wildman–Crippen LogP) is 1.92. The van der Waals surface area contributed by atoms with E-state index in [0.29, 0.717) is 0 Å². The van der Waals surface area contributed by atoms with Crippen molar-refractivity contribution in [2.75, 3.05) is 79.6 Å². The van der Waals surface area contributed by atoms with Crippen molar-refractivity contribution >= 4 is 0 Å². The molecule has 0 fully saturated rings. The molecule has 0 heterocycles. The Labute approximate surface area is 122 Å². The zero-order chi connectivity index (χ0) is 15.8. The maximum atomic E-state index is 12.1. The summed E-state index contributed by atoms with van der Waals surface area (Å²) in [6.45, 7) is -2.96. The lowest BCUT2D eigenvalue weighted by Crippen LogP contribution is -2.42. The van der Waals surface area contributed by atoms with Crippen LogP contribution in [0.4, 0.5) is 17.6 Å². The summed E-state index contributed by atoms with van der Waals surface area (Å²) < 4.78 is 69.1. The minimum Gasteiger partial charge on any atom is -0.378 e. The van der Waals surface area contributed by atoms with Crippen LogP contribution in [0.25, 0.3) is 0 Å². The van der Waals surface area contributed by atoms with Gasteiger partial charge in [-0.25, -0.2) is 17.6 Å². The minimum absolute atomic E-state index is 0.0295. The van der Waals surface area contributed by atoms with E-state index in [0.717, 1.165) is 0 Å². The second-order valence-electron chi connectivity index (χ2n) is 4.47. The number of alkyl halides is 4. The molecule has 0 aromatic carbocycles. The Morgan fingerprint density at radius 3 is 0.905 bits per heavy atom. The van der Waals surface area contributed by atoms with E-state index < -0.39 is 32.1 Å². The molecule has 128 valence electrons. The van der Waals surface area contributed by atoms with Crippen LogP contribution in [0.2, 0.25) is 0 Å². The molecule has 0 bridgehead atoms. The van der Waals surface area contributed by atoms with Gasteiger partial charge in [-0.05, 0) is 0 Å². The molecule has 0 aliphatic heterocycles. The third-order valence-corrected chi connectivity index (χ3v) is 2.52. The molecule has 0 aromatic heterocycles. The van der Waals surface area contributed by atoms with Gasteiger partial charge in [0.25, 0.3) is 0 Å². The number of hydrogen-bond donors (Lipinski definition) is 0. The topological polar surface area (TPSA) is 36.9 Å². The van der Waals surface area contributed by atoms with Crippen molar-refractivity contribution in [3.63, 3.8) is 0 Å². The van der Waals surface area contributed by atoms with Crippen LogP contribution >= 0.6 is 0 Å². The smallest absolute Gasteiger partial charge is 0.113 e. The summed E-state index contributed by atoms with van der Waals surface area (Å²) in [5.41, 5.74) is -0.852. The van der Waals surface area contributed by atoms with E-state index in [1.165, 1.54) is 0 Å². The Bertz CT molecular complexity index is 177. The third-order valence-electron chi connectivity index (χ3n) is 2.52. The molecule has 0 saturated carbocycles. The van der Waals surface area contributed by atoms with Crippen LogP contribution in [0.15, 0.2) is 0 Å². The molecular formula is C13H24F4O4. The molecule has 8 heteroatoms. The number of halogens is 4. The first-order valence-corrected chi connectivity index (χ1v) is 6.79. The SMILES string of the molecule is FCCOCC(COCCF)(COCCF)COCCF. The van der Waals surface area contributed by atoms with E-state index in [-0.39, 0.29) is 52.9 Å². The maximum absolute atomic E-state index is 12.1. The first-order chi connectivity index (χ1) is 10.2. The summed E-state index contributed by atoms with van der Waals surface area (Å²) in [7, 11) is 0. The molecule has 0 radical (unpaired) electrons. The summed E-state index contributed by atoms with van der Waals surface area (Å²) >= 11 is 0. The van der Waals surface area contributed by atoms with Crippen LogP contribution in [0.5, 0.6) is 0 Å².